The van der Waals surface area contributed by atoms with Gasteiger partial charge in [0.05, 0.1) is 16.6 Å². The van der Waals surface area contributed by atoms with Gasteiger partial charge in [0.2, 0.25) is 0 Å². The highest BCUT2D eigenvalue weighted by Gasteiger charge is 2.24. The Balaban J connectivity index is 1.53. The first-order valence-corrected chi connectivity index (χ1v) is 10.1. The smallest absolute Gasteiger partial charge is 0.252 e. The van der Waals surface area contributed by atoms with Gasteiger partial charge in [0.1, 0.15) is 5.82 Å². The SMILES string of the molecule is Cc1ncc(C(CNC(=O)c2ccc3[nH]ccc3c2Cl)N2CCCCC2)cn1. The van der Waals surface area contributed by atoms with Crippen LogP contribution < -0.4 is 5.32 Å². The summed E-state index contributed by atoms with van der Waals surface area (Å²) in [6, 6.07) is 5.59. The molecule has 0 spiro atoms. The van der Waals surface area contributed by atoms with Crippen LogP contribution in [0.4, 0.5) is 0 Å². The predicted molar refractivity (Wildman–Crippen MR) is 111 cm³/mol. The van der Waals surface area contributed by atoms with E-state index in [-0.39, 0.29) is 11.9 Å². The molecule has 1 amide bonds. The highest BCUT2D eigenvalue weighted by molar-refractivity contribution is 6.38. The van der Waals surface area contributed by atoms with Crippen LogP contribution >= 0.6 is 11.6 Å². The maximum absolute atomic E-state index is 12.8. The normalized spacial score (nSPS) is 16.2. The summed E-state index contributed by atoms with van der Waals surface area (Å²) in [4.78, 5) is 27.1. The molecule has 1 fully saturated rings. The Bertz CT molecular complexity index is 963. The summed E-state index contributed by atoms with van der Waals surface area (Å²) >= 11 is 6.46. The van der Waals surface area contributed by atoms with Crippen molar-refractivity contribution in [1.29, 1.82) is 0 Å². The molecule has 1 aromatic carbocycles. The van der Waals surface area contributed by atoms with Crippen LogP contribution in [0.1, 0.15) is 47.1 Å². The molecule has 146 valence electrons. The van der Waals surface area contributed by atoms with E-state index in [4.69, 9.17) is 11.6 Å². The number of carbonyl (C=O) groups is 1. The maximum atomic E-state index is 12.8. The van der Waals surface area contributed by atoms with Gasteiger partial charge in [0.15, 0.2) is 0 Å². The Morgan fingerprint density at radius 2 is 1.96 bits per heavy atom. The third-order valence-electron chi connectivity index (χ3n) is 5.39. The third-order valence-corrected chi connectivity index (χ3v) is 5.79. The van der Waals surface area contributed by atoms with Crippen molar-refractivity contribution < 1.29 is 4.79 Å². The number of benzene rings is 1. The minimum Gasteiger partial charge on any atom is -0.361 e. The van der Waals surface area contributed by atoms with Crippen molar-refractivity contribution in [2.45, 2.75) is 32.2 Å². The molecule has 0 bridgehead atoms. The lowest BCUT2D eigenvalue weighted by atomic mass is 10.0. The lowest BCUT2D eigenvalue weighted by Gasteiger charge is -2.34. The molecule has 1 saturated heterocycles. The van der Waals surface area contributed by atoms with Crippen molar-refractivity contribution in [1.82, 2.24) is 25.2 Å². The fourth-order valence-corrected chi connectivity index (χ4v) is 4.13. The number of nitrogens with zero attached hydrogens (tertiary/aromatic N) is 3. The van der Waals surface area contributed by atoms with Gasteiger partial charge < -0.3 is 10.3 Å². The van der Waals surface area contributed by atoms with Crippen molar-refractivity contribution in [3.63, 3.8) is 0 Å². The number of hydrogen-bond donors (Lipinski definition) is 2. The van der Waals surface area contributed by atoms with Gasteiger partial charge in [-0.1, -0.05) is 18.0 Å². The van der Waals surface area contributed by atoms with Crippen LogP contribution in [0.15, 0.2) is 36.8 Å². The summed E-state index contributed by atoms with van der Waals surface area (Å²) in [5.74, 6) is 0.583. The summed E-state index contributed by atoms with van der Waals surface area (Å²) in [7, 11) is 0. The van der Waals surface area contributed by atoms with E-state index in [9.17, 15) is 4.79 Å². The number of aryl methyl sites for hydroxylation is 1. The number of hydrogen-bond acceptors (Lipinski definition) is 4. The minimum absolute atomic E-state index is 0.0552. The maximum Gasteiger partial charge on any atom is 0.252 e. The summed E-state index contributed by atoms with van der Waals surface area (Å²) in [5.41, 5.74) is 2.44. The van der Waals surface area contributed by atoms with Crippen LogP contribution in [-0.2, 0) is 0 Å². The molecule has 1 aliphatic rings. The first-order valence-electron chi connectivity index (χ1n) is 9.70. The van der Waals surface area contributed by atoms with Gasteiger partial charge in [-0.05, 0) is 51.1 Å². The number of amides is 1. The number of piperidine rings is 1. The Kier molecular flexibility index (Phi) is 5.59. The molecule has 3 heterocycles. The monoisotopic (exact) mass is 397 g/mol. The predicted octanol–water partition coefficient (Wildman–Crippen LogP) is 3.88. The van der Waals surface area contributed by atoms with E-state index >= 15 is 0 Å². The summed E-state index contributed by atoms with van der Waals surface area (Å²) < 4.78 is 0. The molecule has 3 aromatic rings. The zero-order chi connectivity index (χ0) is 19.5. The molecule has 0 saturated carbocycles. The van der Waals surface area contributed by atoms with Gasteiger partial charge in [0.25, 0.3) is 5.91 Å². The van der Waals surface area contributed by atoms with Gasteiger partial charge in [-0.2, -0.15) is 0 Å². The average molecular weight is 398 g/mol. The van der Waals surface area contributed by atoms with Crippen LogP contribution in [0.25, 0.3) is 10.9 Å². The largest absolute Gasteiger partial charge is 0.361 e. The second-order valence-electron chi connectivity index (χ2n) is 7.25. The Morgan fingerprint density at radius 3 is 2.71 bits per heavy atom. The van der Waals surface area contributed by atoms with Crippen molar-refractivity contribution in [3.05, 3.63) is 58.8 Å². The molecule has 7 heteroatoms. The van der Waals surface area contributed by atoms with Crippen molar-refractivity contribution >= 4 is 28.4 Å². The number of aromatic amines is 1. The molecule has 2 aromatic heterocycles. The molecule has 2 N–H and O–H groups in total. The number of H-pyrrole nitrogens is 1. The lowest BCUT2D eigenvalue weighted by Crippen LogP contribution is -2.40. The molecular weight excluding hydrogens is 374 g/mol. The van der Waals surface area contributed by atoms with Gasteiger partial charge in [-0.25, -0.2) is 9.97 Å². The highest BCUT2D eigenvalue weighted by atomic mass is 35.5. The summed E-state index contributed by atoms with van der Waals surface area (Å²) in [6.45, 7) is 4.41. The Labute approximate surface area is 169 Å². The summed E-state index contributed by atoms with van der Waals surface area (Å²) in [6.07, 6.45) is 9.16. The van der Waals surface area contributed by atoms with E-state index in [0.717, 1.165) is 35.4 Å². The van der Waals surface area contributed by atoms with Crippen molar-refractivity contribution in [2.75, 3.05) is 19.6 Å². The lowest BCUT2D eigenvalue weighted by molar-refractivity contribution is 0.0924. The molecule has 4 rings (SSSR count). The molecular formula is C21H24ClN5O. The first-order chi connectivity index (χ1) is 13.6. The molecule has 1 atom stereocenters. The second-order valence-corrected chi connectivity index (χ2v) is 7.63. The molecule has 1 unspecified atom stereocenters. The number of carbonyl (C=O) groups excluding carboxylic acids is 1. The number of fused-ring (bicyclic) bond motifs is 1. The molecule has 6 nitrogen and oxygen atoms in total. The molecule has 1 aliphatic heterocycles. The van der Waals surface area contributed by atoms with Crippen LogP contribution in [0, 0.1) is 6.92 Å². The molecule has 28 heavy (non-hydrogen) atoms. The average Bonchev–Trinajstić information content (AvgIpc) is 3.20. The molecule has 0 aliphatic carbocycles. The summed E-state index contributed by atoms with van der Waals surface area (Å²) in [5, 5.41) is 4.41. The number of aromatic nitrogens is 3. The zero-order valence-corrected chi connectivity index (χ0v) is 16.7. The minimum atomic E-state index is -0.164. The highest BCUT2D eigenvalue weighted by Crippen LogP contribution is 2.27. The van der Waals surface area contributed by atoms with Crippen LogP contribution in [0.5, 0.6) is 0 Å². The van der Waals surface area contributed by atoms with Crippen molar-refractivity contribution in [2.24, 2.45) is 0 Å². The van der Waals surface area contributed by atoms with Crippen LogP contribution in [0.3, 0.4) is 0 Å². The second kappa shape index (κ2) is 8.29. The van der Waals surface area contributed by atoms with E-state index < -0.39 is 0 Å². The molecule has 0 radical (unpaired) electrons. The van der Waals surface area contributed by atoms with E-state index in [1.54, 1.807) is 6.07 Å². The quantitative estimate of drug-likeness (QED) is 0.685. The van der Waals surface area contributed by atoms with E-state index in [1.807, 2.05) is 37.6 Å². The number of likely N-dealkylation sites (tertiary alicyclic amines) is 1. The van der Waals surface area contributed by atoms with Gasteiger partial charge >= 0.3 is 0 Å². The topological polar surface area (TPSA) is 73.9 Å². The van der Waals surface area contributed by atoms with Crippen molar-refractivity contribution in [3.8, 4) is 0 Å². The van der Waals surface area contributed by atoms with Gasteiger partial charge in [0, 0.05) is 41.6 Å². The number of halogens is 1. The fourth-order valence-electron chi connectivity index (χ4n) is 3.82. The van der Waals surface area contributed by atoms with E-state index in [0.29, 0.717) is 17.1 Å². The third kappa shape index (κ3) is 3.88. The number of rotatable bonds is 5. The van der Waals surface area contributed by atoms with E-state index in [1.165, 1.54) is 19.3 Å². The first kappa shape index (κ1) is 18.9. The van der Waals surface area contributed by atoms with E-state index in [2.05, 4.69) is 25.2 Å². The number of nitrogens with one attached hydrogen (secondary N) is 2. The van der Waals surface area contributed by atoms with Gasteiger partial charge in [-0.3, -0.25) is 9.69 Å². The van der Waals surface area contributed by atoms with Crippen LogP contribution in [-0.4, -0.2) is 45.4 Å². The van der Waals surface area contributed by atoms with Gasteiger partial charge in [-0.15, -0.1) is 0 Å². The zero-order valence-electron chi connectivity index (χ0n) is 15.9. The Morgan fingerprint density at radius 1 is 1.21 bits per heavy atom. The fraction of sp³-hybridized carbons (Fsp3) is 0.381. The standard InChI is InChI=1S/C21H24ClN5O/c1-14-24-11-15(12-25-14)19(27-9-3-2-4-10-27)13-26-21(28)17-5-6-18-16(20(17)22)7-8-23-18/h5-8,11-12,19,23H,2-4,9-10,13H2,1H3,(H,26,28). The Hall–Kier alpha value is -2.44. The van der Waals surface area contributed by atoms with Crippen LogP contribution in [0.2, 0.25) is 5.02 Å².